The van der Waals surface area contributed by atoms with Gasteiger partial charge < -0.3 is 4.42 Å². The molecule has 2 heterocycles. The van der Waals surface area contributed by atoms with E-state index in [-0.39, 0.29) is 5.41 Å². The van der Waals surface area contributed by atoms with Gasteiger partial charge in [0.25, 0.3) is 0 Å². The second-order valence-corrected chi connectivity index (χ2v) is 10.3. The molecule has 5 aromatic rings. The third kappa shape index (κ3) is 3.82. The maximum absolute atomic E-state index is 6.00. The topological polar surface area (TPSA) is 25.5 Å². The molecule has 0 fully saturated rings. The van der Waals surface area contributed by atoms with Crippen LogP contribution in [0.2, 0.25) is 0 Å². The normalized spacial score (nSPS) is 12.9. The Labute approximate surface area is 186 Å². The van der Waals surface area contributed by atoms with Crippen molar-refractivity contribution in [3.05, 3.63) is 88.6 Å². The molecule has 0 atom stereocenters. The third-order valence-electron chi connectivity index (χ3n) is 5.58. The molecule has 0 aliphatic carbocycles. The first-order valence-electron chi connectivity index (χ1n) is 10.5. The molecule has 0 N–H and O–H groups in total. The highest BCUT2D eigenvalue weighted by Crippen LogP contribution is 2.34. The van der Waals surface area contributed by atoms with Crippen molar-refractivity contribution >= 4 is 55.5 Å². The summed E-state index contributed by atoms with van der Waals surface area (Å²) in [6, 6.07) is 21.5. The molecule has 154 valence electrons. The van der Waals surface area contributed by atoms with Crippen LogP contribution in [-0.2, 0) is 5.41 Å². The van der Waals surface area contributed by atoms with Gasteiger partial charge in [0.1, 0.15) is 11.3 Å². The molecule has 0 saturated carbocycles. The number of nitrogens with zero attached hydrogens (tertiary/aromatic N) is 1. The monoisotopic (exact) mass is 423 g/mol. The number of aryl methyl sites for hydroxylation is 1. The lowest BCUT2D eigenvalue weighted by Crippen LogP contribution is -2.12. The third-order valence-corrected chi connectivity index (χ3v) is 6.60. The molecule has 0 aliphatic heterocycles. The van der Waals surface area contributed by atoms with E-state index in [2.05, 4.69) is 93.4 Å². The quantitative estimate of drug-likeness (QED) is 0.267. The van der Waals surface area contributed by atoms with E-state index in [1.807, 2.05) is 23.6 Å². The Hall–Kier alpha value is -3.17. The van der Waals surface area contributed by atoms with Gasteiger partial charge in [0.2, 0.25) is 0 Å². The summed E-state index contributed by atoms with van der Waals surface area (Å²) in [5, 5.41) is 4.97. The van der Waals surface area contributed by atoms with Gasteiger partial charge >= 0.3 is 0 Å². The smallest absolute Gasteiger partial charge is 0.135 e. The SMILES string of the molecule is Cc1cc2c(ccc3oc(/C=C\N=Cc4cc(C(C)(C)C)c5ccccc5c4)cc32)s1. The second-order valence-electron chi connectivity index (χ2n) is 9.03. The second kappa shape index (κ2) is 7.51. The van der Waals surface area contributed by atoms with Gasteiger partial charge in [-0.2, -0.15) is 0 Å². The summed E-state index contributed by atoms with van der Waals surface area (Å²) in [5.74, 6) is 0.817. The van der Waals surface area contributed by atoms with Crippen LogP contribution in [0, 0.1) is 6.92 Å². The first-order valence-corrected chi connectivity index (χ1v) is 11.4. The van der Waals surface area contributed by atoms with Gasteiger partial charge in [0, 0.05) is 32.8 Å². The van der Waals surface area contributed by atoms with Crippen molar-refractivity contribution in [3.63, 3.8) is 0 Å². The van der Waals surface area contributed by atoms with E-state index in [1.54, 1.807) is 6.20 Å². The highest BCUT2D eigenvalue weighted by Gasteiger charge is 2.17. The van der Waals surface area contributed by atoms with E-state index in [1.165, 1.54) is 31.3 Å². The minimum atomic E-state index is 0.0684. The summed E-state index contributed by atoms with van der Waals surface area (Å²) < 4.78 is 7.30. The van der Waals surface area contributed by atoms with Gasteiger partial charge in [-0.05, 0) is 76.7 Å². The summed E-state index contributed by atoms with van der Waals surface area (Å²) in [4.78, 5) is 5.86. The van der Waals surface area contributed by atoms with E-state index in [4.69, 9.17) is 4.42 Å². The number of fused-ring (bicyclic) bond motifs is 4. The Morgan fingerprint density at radius 1 is 0.903 bits per heavy atom. The highest BCUT2D eigenvalue weighted by molar-refractivity contribution is 7.19. The van der Waals surface area contributed by atoms with Gasteiger partial charge in [-0.3, -0.25) is 4.99 Å². The van der Waals surface area contributed by atoms with Gasteiger partial charge in [-0.1, -0.05) is 45.0 Å². The molecule has 0 saturated heterocycles. The van der Waals surface area contributed by atoms with Crippen molar-refractivity contribution in [3.8, 4) is 0 Å². The molecule has 0 bridgehead atoms. The number of aliphatic imine (C=N–C) groups is 1. The summed E-state index contributed by atoms with van der Waals surface area (Å²) >= 11 is 1.82. The van der Waals surface area contributed by atoms with Crippen molar-refractivity contribution < 1.29 is 4.42 Å². The van der Waals surface area contributed by atoms with Crippen LogP contribution in [0.4, 0.5) is 0 Å². The maximum atomic E-state index is 6.00. The van der Waals surface area contributed by atoms with Crippen LogP contribution >= 0.6 is 11.3 Å². The Bertz CT molecular complexity index is 1470. The lowest BCUT2D eigenvalue weighted by Gasteiger charge is -2.22. The lowest BCUT2D eigenvalue weighted by molar-refractivity contribution is 0.596. The van der Waals surface area contributed by atoms with E-state index < -0.39 is 0 Å². The standard InChI is InChI=1S/C28H25NOS/c1-18-13-24-23-16-21(30-26(23)9-10-27(24)31-18)11-12-29-17-19-14-20-7-5-6-8-22(20)25(15-19)28(2,3)4/h5-17H,1-4H3/b12-11-,29-17?. The van der Waals surface area contributed by atoms with Gasteiger partial charge in [0.05, 0.1) is 0 Å². The molecule has 0 aliphatic rings. The fourth-order valence-corrected chi connectivity index (χ4v) is 5.07. The molecule has 0 radical (unpaired) electrons. The van der Waals surface area contributed by atoms with E-state index in [0.29, 0.717) is 0 Å². The molecular formula is C28H25NOS. The Balaban J connectivity index is 1.45. The fourth-order valence-electron chi connectivity index (χ4n) is 4.13. The maximum Gasteiger partial charge on any atom is 0.135 e. The van der Waals surface area contributed by atoms with Crippen LogP contribution in [0.25, 0.3) is 37.9 Å². The minimum absolute atomic E-state index is 0.0684. The summed E-state index contributed by atoms with van der Waals surface area (Å²) in [7, 11) is 0. The molecular weight excluding hydrogens is 398 g/mol. The van der Waals surface area contributed by atoms with Crippen molar-refractivity contribution in [2.75, 3.05) is 0 Å². The van der Waals surface area contributed by atoms with Crippen molar-refractivity contribution in [1.29, 1.82) is 0 Å². The number of furan rings is 1. The molecule has 3 aromatic carbocycles. The number of benzene rings is 3. The van der Waals surface area contributed by atoms with Gasteiger partial charge in [-0.25, -0.2) is 0 Å². The molecule has 2 nitrogen and oxygen atoms in total. The van der Waals surface area contributed by atoms with Crippen LogP contribution in [0.15, 0.2) is 76.3 Å². The lowest BCUT2D eigenvalue weighted by atomic mass is 9.83. The van der Waals surface area contributed by atoms with Crippen LogP contribution in [0.5, 0.6) is 0 Å². The number of rotatable bonds is 3. The zero-order valence-electron chi connectivity index (χ0n) is 18.3. The van der Waals surface area contributed by atoms with Crippen LogP contribution < -0.4 is 0 Å². The molecule has 0 spiro atoms. The molecule has 31 heavy (non-hydrogen) atoms. The van der Waals surface area contributed by atoms with Crippen LogP contribution in [-0.4, -0.2) is 6.21 Å². The van der Waals surface area contributed by atoms with Crippen molar-refractivity contribution in [2.45, 2.75) is 33.1 Å². The largest absolute Gasteiger partial charge is 0.457 e. The van der Waals surface area contributed by atoms with Crippen molar-refractivity contribution in [1.82, 2.24) is 0 Å². The average molecular weight is 424 g/mol. The first kappa shape index (κ1) is 19.8. The van der Waals surface area contributed by atoms with Gasteiger partial charge in [0.15, 0.2) is 0 Å². The van der Waals surface area contributed by atoms with E-state index >= 15 is 0 Å². The summed E-state index contributed by atoms with van der Waals surface area (Å²) in [6.07, 6.45) is 5.65. The van der Waals surface area contributed by atoms with E-state index in [9.17, 15) is 0 Å². The number of hydrogen-bond donors (Lipinski definition) is 0. The molecule has 2 aromatic heterocycles. The number of thiophene rings is 1. The predicted molar refractivity (Wildman–Crippen MR) is 136 cm³/mol. The highest BCUT2D eigenvalue weighted by atomic mass is 32.1. The Kier molecular flexibility index (Phi) is 4.79. The molecule has 0 amide bonds. The zero-order valence-corrected chi connectivity index (χ0v) is 19.1. The van der Waals surface area contributed by atoms with Crippen LogP contribution in [0.3, 0.4) is 0 Å². The average Bonchev–Trinajstić information content (AvgIpc) is 3.32. The minimum Gasteiger partial charge on any atom is -0.457 e. The zero-order chi connectivity index (χ0) is 21.6. The molecule has 3 heteroatoms. The summed E-state index contributed by atoms with van der Waals surface area (Å²) in [6.45, 7) is 8.90. The molecule has 5 rings (SSSR count). The van der Waals surface area contributed by atoms with E-state index in [0.717, 1.165) is 22.3 Å². The fraction of sp³-hybridized carbons (Fsp3) is 0.179. The summed E-state index contributed by atoms with van der Waals surface area (Å²) in [5.41, 5.74) is 3.42. The van der Waals surface area contributed by atoms with Crippen LogP contribution in [0.1, 0.15) is 42.5 Å². The van der Waals surface area contributed by atoms with Gasteiger partial charge in [-0.15, -0.1) is 11.3 Å². The number of hydrogen-bond acceptors (Lipinski definition) is 3. The first-order chi connectivity index (χ1) is 14.9. The Morgan fingerprint density at radius 3 is 2.58 bits per heavy atom. The predicted octanol–water partition coefficient (Wildman–Crippen LogP) is 8.50. The van der Waals surface area contributed by atoms with Crippen molar-refractivity contribution in [2.24, 2.45) is 4.99 Å². The molecule has 0 unspecified atom stereocenters. The Morgan fingerprint density at radius 2 is 1.74 bits per heavy atom.